The van der Waals surface area contributed by atoms with E-state index in [0.717, 1.165) is 12.8 Å². The maximum Gasteiger partial charge on any atom is 0.150 e. The predicted octanol–water partition coefficient (Wildman–Crippen LogP) is 0.406. The Labute approximate surface area is 74.3 Å². The maximum atomic E-state index is 11.1. The molecule has 0 amide bonds. The Bertz CT molecular complexity index is 221. The van der Waals surface area contributed by atoms with Gasteiger partial charge >= 0.3 is 0 Å². The molecule has 1 aliphatic heterocycles. The molecule has 0 aromatic heterocycles. The summed E-state index contributed by atoms with van der Waals surface area (Å²) < 4.78 is 22.2. The highest BCUT2D eigenvalue weighted by molar-refractivity contribution is 7.91. The molecule has 0 aliphatic carbocycles. The van der Waals surface area contributed by atoms with Crippen LogP contribution in [0, 0.1) is 11.8 Å². The Morgan fingerprint density at radius 2 is 1.92 bits per heavy atom. The summed E-state index contributed by atoms with van der Waals surface area (Å²) in [6.45, 7) is 2.77. The first-order valence-electron chi connectivity index (χ1n) is 4.45. The molecule has 12 heavy (non-hydrogen) atoms. The number of nitrogens with two attached hydrogens (primary N) is 1. The molecule has 2 N–H and O–H groups in total. The Balaban J connectivity index is 2.46. The van der Waals surface area contributed by atoms with E-state index < -0.39 is 9.84 Å². The molecule has 1 heterocycles. The van der Waals surface area contributed by atoms with Gasteiger partial charge in [0.15, 0.2) is 0 Å². The number of hydrogen-bond acceptors (Lipinski definition) is 3. The summed E-state index contributed by atoms with van der Waals surface area (Å²) >= 11 is 0. The van der Waals surface area contributed by atoms with Gasteiger partial charge in [-0.25, -0.2) is 8.42 Å². The van der Waals surface area contributed by atoms with Gasteiger partial charge in [0, 0.05) is 0 Å². The summed E-state index contributed by atoms with van der Waals surface area (Å²) in [6, 6.07) is 0. The summed E-state index contributed by atoms with van der Waals surface area (Å²) in [4.78, 5) is 0. The van der Waals surface area contributed by atoms with Gasteiger partial charge in [-0.15, -0.1) is 0 Å². The number of sulfone groups is 1. The van der Waals surface area contributed by atoms with Crippen LogP contribution < -0.4 is 5.73 Å². The maximum absolute atomic E-state index is 11.1. The highest BCUT2D eigenvalue weighted by atomic mass is 32.2. The normalized spacial score (nSPS) is 26.8. The molecule has 1 fully saturated rings. The van der Waals surface area contributed by atoms with Gasteiger partial charge in [0.25, 0.3) is 0 Å². The Hall–Kier alpha value is -0.0900. The first-order chi connectivity index (χ1) is 5.55. The quantitative estimate of drug-likeness (QED) is 0.687. The average Bonchev–Trinajstić information content (AvgIpc) is 2.03. The molecule has 0 saturated carbocycles. The molecule has 0 aromatic rings. The molecule has 1 unspecified atom stereocenters. The van der Waals surface area contributed by atoms with Crippen LogP contribution in [0.25, 0.3) is 0 Å². The van der Waals surface area contributed by atoms with E-state index in [1.165, 1.54) is 0 Å². The van der Waals surface area contributed by atoms with Gasteiger partial charge in [-0.1, -0.05) is 6.92 Å². The zero-order valence-corrected chi connectivity index (χ0v) is 8.31. The SMILES string of the molecule is CC(CN)C1CCS(=O)(=O)CC1. The van der Waals surface area contributed by atoms with Crippen LogP contribution in [0.1, 0.15) is 19.8 Å². The molecule has 72 valence electrons. The molecule has 0 spiro atoms. The third-order valence-electron chi connectivity index (χ3n) is 2.78. The fourth-order valence-electron chi connectivity index (χ4n) is 1.67. The fraction of sp³-hybridized carbons (Fsp3) is 1.00. The van der Waals surface area contributed by atoms with Gasteiger partial charge in [-0.2, -0.15) is 0 Å². The van der Waals surface area contributed by atoms with Crippen LogP contribution >= 0.6 is 0 Å². The summed E-state index contributed by atoms with van der Waals surface area (Å²) in [5.74, 6) is 1.73. The highest BCUT2D eigenvalue weighted by Crippen LogP contribution is 2.25. The molecule has 1 rings (SSSR count). The number of rotatable bonds is 2. The molecule has 0 bridgehead atoms. The van der Waals surface area contributed by atoms with E-state index >= 15 is 0 Å². The summed E-state index contributed by atoms with van der Waals surface area (Å²) in [5.41, 5.74) is 5.52. The van der Waals surface area contributed by atoms with E-state index in [-0.39, 0.29) is 0 Å². The Kier molecular flexibility index (Phi) is 3.12. The molecular weight excluding hydrogens is 174 g/mol. The highest BCUT2D eigenvalue weighted by Gasteiger charge is 2.26. The van der Waals surface area contributed by atoms with Crippen molar-refractivity contribution in [3.05, 3.63) is 0 Å². The summed E-state index contributed by atoms with van der Waals surface area (Å²) in [5, 5.41) is 0. The van der Waals surface area contributed by atoms with Crippen LogP contribution in [0.3, 0.4) is 0 Å². The topological polar surface area (TPSA) is 60.2 Å². The van der Waals surface area contributed by atoms with E-state index in [1.807, 2.05) is 0 Å². The van der Waals surface area contributed by atoms with Gasteiger partial charge in [-0.05, 0) is 31.2 Å². The fourth-order valence-corrected chi connectivity index (χ4v) is 3.20. The van der Waals surface area contributed by atoms with E-state index in [0.29, 0.717) is 29.9 Å². The monoisotopic (exact) mass is 191 g/mol. The molecule has 4 heteroatoms. The molecule has 1 saturated heterocycles. The van der Waals surface area contributed by atoms with Gasteiger partial charge in [0.1, 0.15) is 9.84 Å². The van der Waals surface area contributed by atoms with Crippen molar-refractivity contribution in [2.24, 2.45) is 17.6 Å². The van der Waals surface area contributed by atoms with E-state index in [1.54, 1.807) is 0 Å². The number of hydrogen-bond donors (Lipinski definition) is 1. The second-order valence-corrected chi connectivity index (χ2v) is 6.01. The standard InChI is InChI=1S/C8H17NO2S/c1-7(6-9)8-2-4-12(10,11)5-3-8/h7-8H,2-6,9H2,1H3. The molecule has 1 atom stereocenters. The zero-order chi connectivity index (χ0) is 9.19. The molecule has 0 radical (unpaired) electrons. The minimum atomic E-state index is -2.70. The van der Waals surface area contributed by atoms with Crippen LogP contribution in [0.4, 0.5) is 0 Å². The Morgan fingerprint density at radius 3 is 2.33 bits per heavy atom. The van der Waals surface area contributed by atoms with Gasteiger partial charge < -0.3 is 5.73 Å². The summed E-state index contributed by atoms with van der Waals surface area (Å²) in [6.07, 6.45) is 1.61. The minimum Gasteiger partial charge on any atom is -0.330 e. The van der Waals surface area contributed by atoms with Crippen LogP contribution in [0.15, 0.2) is 0 Å². The van der Waals surface area contributed by atoms with Crippen LogP contribution in [0.5, 0.6) is 0 Å². The molecule has 3 nitrogen and oxygen atoms in total. The zero-order valence-electron chi connectivity index (χ0n) is 7.49. The van der Waals surface area contributed by atoms with Crippen LogP contribution in [-0.4, -0.2) is 26.5 Å². The first-order valence-corrected chi connectivity index (χ1v) is 6.28. The molecular formula is C8H17NO2S. The lowest BCUT2D eigenvalue weighted by Gasteiger charge is -2.26. The van der Waals surface area contributed by atoms with Crippen molar-refractivity contribution in [3.8, 4) is 0 Å². The van der Waals surface area contributed by atoms with E-state index in [2.05, 4.69) is 6.92 Å². The lowest BCUT2D eigenvalue weighted by Crippen LogP contribution is -2.30. The Morgan fingerprint density at radius 1 is 1.42 bits per heavy atom. The van der Waals surface area contributed by atoms with Crippen LogP contribution in [0.2, 0.25) is 0 Å². The lowest BCUT2D eigenvalue weighted by atomic mass is 9.89. The van der Waals surface area contributed by atoms with E-state index in [4.69, 9.17) is 5.73 Å². The van der Waals surface area contributed by atoms with Crippen molar-refractivity contribution in [2.75, 3.05) is 18.1 Å². The second-order valence-electron chi connectivity index (χ2n) is 3.70. The van der Waals surface area contributed by atoms with Crippen molar-refractivity contribution < 1.29 is 8.42 Å². The van der Waals surface area contributed by atoms with Crippen molar-refractivity contribution >= 4 is 9.84 Å². The van der Waals surface area contributed by atoms with Crippen molar-refractivity contribution in [2.45, 2.75) is 19.8 Å². The largest absolute Gasteiger partial charge is 0.330 e. The molecule has 1 aliphatic rings. The molecule has 0 aromatic carbocycles. The third-order valence-corrected chi connectivity index (χ3v) is 4.49. The summed E-state index contributed by atoms with van der Waals surface area (Å²) in [7, 11) is -2.70. The lowest BCUT2D eigenvalue weighted by molar-refractivity contribution is 0.336. The van der Waals surface area contributed by atoms with Gasteiger partial charge in [0.2, 0.25) is 0 Å². The van der Waals surface area contributed by atoms with Crippen molar-refractivity contribution in [1.29, 1.82) is 0 Å². The van der Waals surface area contributed by atoms with Crippen LogP contribution in [-0.2, 0) is 9.84 Å². The van der Waals surface area contributed by atoms with E-state index in [9.17, 15) is 8.42 Å². The predicted molar refractivity (Wildman–Crippen MR) is 49.6 cm³/mol. The van der Waals surface area contributed by atoms with Gasteiger partial charge in [0.05, 0.1) is 11.5 Å². The third kappa shape index (κ3) is 2.45. The van der Waals surface area contributed by atoms with Crippen molar-refractivity contribution in [3.63, 3.8) is 0 Å². The first kappa shape index (κ1) is 9.99. The smallest absolute Gasteiger partial charge is 0.150 e. The second kappa shape index (κ2) is 3.75. The average molecular weight is 191 g/mol. The minimum absolute atomic E-state index is 0.363. The van der Waals surface area contributed by atoms with Gasteiger partial charge in [-0.3, -0.25) is 0 Å². The van der Waals surface area contributed by atoms with Crippen molar-refractivity contribution in [1.82, 2.24) is 0 Å².